The van der Waals surface area contributed by atoms with Gasteiger partial charge < -0.3 is 9.47 Å². The molecule has 0 aliphatic rings. The molecule has 0 fully saturated rings. The molecule has 0 N–H and O–H groups in total. The Kier molecular flexibility index (Phi) is 5.96. The van der Waals surface area contributed by atoms with Crippen molar-refractivity contribution in [3.05, 3.63) is 33.3 Å². The Balaban J connectivity index is 3.11. The number of carbonyl (C=O) groups excluding carboxylic acids is 2. The molecular weight excluding hydrogens is 336 g/mol. The summed E-state index contributed by atoms with van der Waals surface area (Å²) >= 11 is 3.37. The van der Waals surface area contributed by atoms with Gasteiger partial charge in [0, 0.05) is 4.47 Å². The van der Waals surface area contributed by atoms with Crippen molar-refractivity contribution in [3.8, 4) is 0 Å². The fourth-order valence-electron chi connectivity index (χ4n) is 1.59. The maximum atomic E-state index is 12.2. The third-order valence-corrected chi connectivity index (χ3v) is 3.50. The van der Waals surface area contributed by atoms with Gasteiger partial charge in [-0.05, 0) is 37.0 Å². The SMILES string of the molecule is CCOC(=O)c1cc(C)c(Br)cc1C(=O)OCC(C)(C)C. The minimum atomic E-state index is -0.520. The van der Waals surface area contributed by atoms with Gasteiger partial charge in [-0.1, -0.05) is 36.7 Å². The van der Waals surface area contributed by atoms with Gasteiger partial charge in [0.05, 0.1) is 24.3 Å². The maximum absolute atomic E-state index is 12.2. The number of ether oxygens (including phenoxy) is 2. The predicted octanol–water partition coefficient (Wildman–Crippen LogP) is 4.14. The van der Waals surface area contributed by atoms with E-state index < -0.39 is 11.9 Å². The van der Waals surface area contributed by atoms with Crippen molar-refractivity contribution in [2.75, 3.05) is 13.2 Å². The van der Waals surface area contributed by atoms with Crippen molar-refractivity contribution in [1.82, 2.24) is 0 Å². The first-order chi connectivity index (χ1) is 9.65. The molecule has 0 atom stereocenters. The van der Waals surface area contributed by atoms with Gasteiger partial charge in [0.2, 0.25) is 0 Å². The van der Waals surface area contributed by atoms with Gasteiger partial charge in [0.25, 0.3) is 0 Å². The molecule has 0 unspecified atom stereocenters. The Morgan fingerprint density at radius 3 is 2.14 bits per heavy atom. The van der Waals surface area contributed by atoms with E-state index in [1.54, 1.807) is 19.1 Å². The Labute approximate surface area is 133 Å². The molecule has 0 bridgehead atoms. The van der Waals surface area contributed by atoms with Crippen LogP contribution in [0.15, 0.2) is 16.6 Å². The number of rotatable bonds is 4. The van der Waals surface area contributed by atoms with Gasteiger partial charge in [-0.3, -0.25) is 0 Å². The number of carbonyl (C=O) groups is 2. The summed E-state index contributed by atoms with van der Waals surface area (Å²) in [5, 5.41) is 0. The molecule has 0 aliphatic carbocycles. The lowest BCUT2D eigenvalue weighted by molar-refractivity contribution is 0.0354. The molecule has 1 rings (SSSR count). The molecule has 116 valence electrons. The molecule has 0 spiro atoms. The Hall–Kier alpha value is -1.36. The van der Waals surface area contributed by atoms with E-state index in [9.17, 15) is 9.59 Å². The number of hydrogen-bond donors (Lipinski definition) is 0. The lowest BCUT2D eigenvalue weighted by atomic mass is 9.98. The third kappa shape index (κ3) is 5.16. The van der Waals surface area contributed by atoms with Crippen molar-refractivity contribution in [2.24, 2.45) is 5.41 Å². The molecule has 4 nitrogen and oxygen atoms in total. The average Bonchev–Trinajstić information content (AvgIpc) is 2.38. The highest BCUT2D eigenvalue weighted by Crippen LogP contribution is 2.24. The number of hydrogen-bond acceptors (Lipinski definition) is 4. The maximum Gasteiger partial charge on any atom is 0.339 e. The minimum absolute atomic E-state index is 0.137. The largest absolute Gasteiger partial charge is 0.462 e. The zero-order valence-electron chi connectivity index (χ0n) is 13.1. The first-order valence-corrected chi connectivity index (χ1v) is 7.59. The molecule has 0 radical (unpaired) electrons. The summed E-state index contributed by atoms with van der Waals surface area (Å²) in [6.45, 7) is 10.0. The van der Waals surface area contributed by atoms with Crippen LogP contribution in [0.5, 0.6) is 0 Å². The van der Waals surface area contributed by atoms with Crippen molar-refractivity contribution in [3.63, 3.8) is 0 Å². The monoisotopic (exact) mass is 356 g/mol. The predicted molar refractivity (Wildman–Crippen MR) is 84.6 cm³/mol. The number of aryl methyl sites for hydroxylation is 1. The Morgan fingerprint density at radius 2 is 1.62 bits per heavy atom. The highest BCUT2D eigenvalue weighted by atomic mass is 79.9. The highest BCUT2D eigenvalue weighted by molar-refractivity contribution is 9.10. The van der Waals surface area contributed by atoms with E-state index in [-0.39, 0.29) is 29.8 Å². The van der Waals surface area contributed by atoms with Crippen LogP contribution in [0.1, 0.15) is 54.0 Å². The van der Waals surface area contributed by atoms with E-state index in [1.807, 2.05) is 27.7 Å². The number of halogens is 1. The van der Waals surface area contributed by atoms with E-state index in [4.69, 9.17) is 9.47 Å². The van der Waals surface area contributed by atoms with Crippen molar-refractivity contribution >= 4 is 27.9 Å². The second-order valence-corrected chi connectivity index (χ2v) is 6.86. The fourth-order valence-corrected chi connectivity index (χ4v) is 1.93. The van der Waals surface area contributed by atoms with Crippen LogP contribution < -0.4 is 0 Å². The van der Waals surface area contributed by atoms with Crippen LogP contribution in [0.2, 0.25) is 0 Å². The van der Waals surface area contributed by atoms with Crippen molar-refractivity contribution < 1.29 is 19.1 Å². The standard InChI is InChI=1S/C16H21BrO4/c1-6-20-14(18)11-7-10(2)13(17)8-12(11)15(19)21-9-16(3,4)5/h7-8H,6,9H2,1-5H3. The summed E-state index contributed by atoms with van der Waals surface area (Å²) in [5.41, 5.74) is 1.17. The summed E-state index contributed by atoms with van der Waals surface area (Å²) in [5.74, 6) is -1.04. The molecule has 0 amide bonds. The van der Waals surface area contributed by atoms with Gasteiger partial charge in [-0.15, -0.1) is 0 Å². The van der Waals surface area contributed by atoms with Gasteiger partial charge in [-0.2, -0.15) is 0 Å². The van der Waals surface area contributed by atoms with Crippen molar-refractivity contribution in [1.29, 1.82) is 0 Å². The van der Waals surface area contributed by atoms with Gasteiger partial charge in [0.15, 0.2) is 0 Å². The third-order valence-electron chi connectivity index (χ3n) is 2.65. The first kappa shape index (κ1) is 17.7. The molecule has 0 saturated carbocycles. The van der Waals surface area contributed by atoms with Crippen molar-refractivity contribution in [2.45, 2.75) is 34.6 Å². The van der Waals surface area contributed by atoms with E-state index in [0.717, 1.165) is 10.0 Å². The van der Waals surface area contributed by atoms with Gasteiger partial charge in [0.1, 0.15) is 0 Å². The molecule has 0 aliphatic heterocycles. The summed E-state index contributed by atoms with van der Waals surface area (Å²) in [6.07, 6.45) is 0. The van der Waals surface area contributed by atoms with Crippen LogP contribution in [0.25, 0.3) is 0 Å². The van der Waals surface area contributed by atoms with E-state index in [1.165, 1.54) is 0 Å². The lowest BCUT2D eigenvalue weighted by Crippen LogP contribution is -2.20. The summed E-state index contributed by atoms with van der Waals surface area (Å²) < 4.78 is 11.0. The topological polar surface area (TPSA) is 52.6 Å². The summed E-state index contributed by atoms with van der Waals surface area (Å²) in [4.78, 5) is 24.2. The highest BCUT2D eigenvalue weighted by Gasteiger charge is 2.22. The lowest BCUT2D eigenvalue weighted by Gasteiger charge is -2.18. The van der Waals surface area contributed by atoms with E-state index in [0.29, 0.717) is 0 Å². The normalized spacial score (nSPS) is 11.1. The van der Waals surface area contributed by atoms with Crippen LogP contribution in [0.3, 0.4) is 0 Å². The zero-order valence-corrected chi connectivity index (χ0v) is 14.7. The fraction of sp³-hybridized carbons (Fsp3) is 0.500. The number of esters is 2. The van der Waals surface area contributed by atoms with Gasteiger partial charge >= 0.3 is 11.9 Å². The molecule has 5 heteroatoms. The van der Waals surface area contributed by atoms with E-state index >= 15 is 0 Å². The quantitative estimate of drug-likeness (QED) is 0.760. The average molecular weight is 357 g/mol. The van der Waals surface area contributed by atoms with Crippen LogP contribution >= 0.6 is 15.9 Å². The van der Waals surface area contributed by atoms with Crippen LogP contribution in [-0.4, -0.2) is 25.2 Å². The molecule has 0 heterocycles. The summed E-state index contributed by atoms with van der Waals surface area (Å²) in [7, 11) is 0. The molecule has 0 aromatic heterocycles. The van der Waals surface area contributed by atoms with Crippen LogP contribution in [-0.2, 0) is 9.47 Å². The zero-order chi connectivity index (χ0) is 16.2. The molecule has 0 saturated heterocycles. The second kappa shape index (κ2) is 7.07. The second-order valence-electron chi connectivity index (χ2n) is 6.00. The van der Waals surface area contributed by atoms with Crippen LogP contribution in [0.4, 0.5) is 0 Å². The molecule has 1 aromatic carbocycles. The molecule has 1 aromatic rings. The number of benzene rings is 1. The van der Waals surface area contributed by atoms with Gasteiger partial charge in [-0.25, -0.2) is 9.59 Å². The first-order valence-electron chi connectivity index (χ1n) is 6.80. The minimum Gasteiger partial charge on any atom is -0.462 e. The van der Waals surface area contributed by atoms with Crippen LogP contribution in [0, 0.1) is 12.3 Å². The molecular formula is C16H21BrO4. The molecule has 21 heavy (non-hydrogen) atoms. The Bertz CT molecular complexity index is 544. The summed E-state index contributed by atoms with van der Waals surface area (Å²) in [6, 6.07) is 3.24. The smallest absolute Gasteiger partial charge is 0.339 e. The van der Waals surface area contributed by atoms with E-state index in [2.05, 4.69) is 15.9 Å². The Morgan fingerprint density at radius 1 is 1.10 bits per heavy atom.